The smallest absolute Gasteiger partial charge is 0.165 e. The van der Waals surface area contributed by atoms with Gasteiger partial charge in [0.1, 0.15) is 6.10 Å². The Morgan fingerprint density at radius 2 is 1.96 bits per heavy atom. The van der Waals surface area contributed by atoms with Gasteiger partial charge in [0, 0.05) is 30.5 Å². The molecule has 2 aromatic rings. The SMILES string of the molecule is Oc1ccc2c3c1O[C@H]1C[C@@H](O)CC[C@@]31CCN(Cc1ccccc1)C2. The molecule has 136 valence electrons. The van der Waals surface area contributed by atoms with Crippen molar-refractivity contribution < 1.29 is 14.9 Å². The van der Waals surface area contributed by atoms with E-state index >= 15 is 0 Å². The third kappa shape index (κ3) is 2.43. The van der Waals surface area contributed by atoms with Gasteiger partial charge in [-0.15, -0.1) is 0 Å². The summed E-state index contributed by atoms with van der Waals surface area (Å²) in [6, 6.07) is 14.4. The molecule has 0 aromatic heterocycles. The molecule has 0 saturated heterocycles. The molecule has 1 spiro atoms. The van der Waals surface area contributed by atoms with E-state index in [0.717, 1.165) is 38.9 Å². The van der Waals surface area contributed by atoms with Gasteiger partial charge in [-0.1, -0.05) is 36.4 Å². The molecule has 5 rings (SSSR count). The normalized spacial score (nSPS) is 30.2. The van der Waals surface area contributed by atoms with Gasteiger partial charge in [-0.25, -0.2) is 0 Å². The summed E-state index contributed by atoms with van der Waals surface area (Å²) in [4.78, 5) is 2.50. The molecule has 2 N–H and O–H groups in total. The minimum absolute atomic E-state index is 0.0232. The number of rotatable bonds is 2. The fourth-order valence-electron chi connectivity index (χ4n) is 5.24. The van der Waals surface area contributed by atoms with Crippen LogP contribution in [0.25, 0.3) is 0 Å². The summed E-state index contributed by atoms with van der Waals surface area (Å²) in [5.41, 5.74) is 3.75. The van der Waals surface area contributed by atoms with Crippen molar-refractivity contribution in [3.8, 4) is 11.5 Å². The molecule has 2 aromatic carbocycles. The van der Waals surface area contributed by atoms with E-state index in [1.807, 2.05) is 0 Å². The number of nitrogens with zero attached hydrogens (tertiary/aromatic N) is 1. The first-order valence-electron chi connectivity index (χ1n) is 9.62. The van der Waals surface area contributed by atoms with Gasteiger partial charge in [-0.2, -0.15) is 0 Å². The first-order chi connectivity index (χ1) is 12.7. The summed E-state index contributed by atoms with van der Waals surface area (Å²) < 4.78 is 6.21. The van der Waals surface area contributed by atoms with Crippen LogP contribution in [0.2, 0.25) is 0 Å². The second-order valence-corrected chi connectivity index (χ2v) is 8.09. The van der Waals surface area contributed by atoms with Gasteiger partial charge in [0.2, 0.25) is 0 Å². The maximum Gasteiger partial charge on any atom is 0.165 e. The lowest BCUT2D eigenvalue weighted by atomic mass is 9.65. The van der Waals surface area contributed by atoms with Crippen molar-refractivity contribution in [2.24, 2.45) is 0 Å². The molecule has 0 unspecified atom stereocenters. The van der Waals surface area contributed by atoms with Crippen molar-refractivity contribution in [3.63, 3.8) is 0 Å². The van der Waals surface area contributed by atoms with Crippen LogP contribution in [0.4, 0.5) is 0 Å². The molecular formula is C22H25NO3. The maximum atomic E-state index is 10.4. The highest BCUT2D eigenvalue weighted by Gasteiger charge is 2.54. The number of phenolic OH excluding ortho intramolecular Hbond substituents is 1. The van der Waals surface area contributed by atoms with Gasteiger partial charge in [0.25, 0.3) is 0 Å². The summed E-state index contributed by atoms with van der Waals surface area (Å²) >= 11 is 0. The zero-order valence-electron chi connectivity index (χ0n) is 14.9. The largest absolute Gasteiger partial charge is 0.504 e. The third-order valence-electron chi connectivity index (χ3n) is 6.52. The predicted octanol–water partition coefficient (Wildman–Crippen LogP) is 3.34. The monoisotopic (exact) mass is 351 g/mol. The van der Waals surface area contributed by atoms with Crippen molar-refractivity contribution in [1.29, 1.82) is 0 Å². The van der Waals surface area contributed by atoms with E-state index < -0.39 is 0 Å². The lowest BCUT2D eigenvalue weighted by Crippen LogP contribution is -2.46. The number of hydrogen-bond acceptors (Lipinski definition) is 4. The minimum atomic E-state index is -0.297. The molecule has 1 saturated carbocycles. The van der Waals surface area contributed by atoms with Crippen LogP contribution in [0.3, 0.4) is 0 Å². The van der Waals surface area contributed by atoms with Crippen molar-refractivity contribution in [1.82, 2.24) is 4.90 Å². The Labute approximate surface area is 154 Å². The molecule has 3 atom stereocenters. The summed E-state index contributed by atoms with van der Waals surface area (Å²) in [5, 5.41) is 20.6. The molecule has 1 fully saturated rings. The average molecular weight is 351 g/mol. The molecule has 4 heteroatoms. The molecule has 2 aliphatic heterocycles. The van der Waals surface area contributed by atoms with Crippen LogP contribution in [0, 0.1) is 0 Å². The molecule has 0 radical (unpaired) electrons. The molecule has 1 aliphatic carbocycles. The summed E-state index contributed by atoms with van der Waals surface area (Å²) in [6.07, 6.45) is 3.10. The molecule has 3 aliphatic rings. The standard InChI is InChI=1S/C22H25NO3/c24-17-8-9-22-10-11-23(13-15-4-2-1-3-5-15)14-16-6-7-18(25)21(20(16)22)26-19(22)12-17/h1-7,17,19,24-25H,8-14H2/t17-,19-,22-/m0/s1. The van der Waals surface area contributed by atoms with Crippen molar-refractivity contribution >= 4 is 0 Å². The number of aliphatic hydroxyl groups is 1. The first kappa shape index (κ1) is 16.2. The van der Waals surface area contributed by atoms with Crippen LogP contribution >= 0.6 is 0 Å². The Balaban J connectivity index is 1.53. The van der Waals surface area contributed by atoms with Gasteiger partial charge < -0.3 is 14.9 Å². The molecule has 0 amide bonds. The number of hydrogen-bond donors (Lipinski definition) is 2. The van der Waals surface area contributed by atoms with Gasteiger partial charge in [-0.05, 0) is 43.0 Å². The third-order valence-corrected chi connectivity index (χ3v) is 6.52. The summed E-state index contributed by atoms with van der Waals surface area (Å²) in [7, 11) is 0. The highest BCUT2D eigenvalue weighted by atomic mass is 16.5. The maximum absolute atomic E-state index is 10.4. The molecule has 26 heavy (non-hydrogen) atoms. The number of aliphatic hydroxyl groups excluding tert-OH is 1. The zero-order valence-corrected chi connectivity index (χ0v) is 14.9. The number of ether oxygens (including phenoxy) is 1. The van der Waals surface area contributed by atoms with Crippen LogP contribution in [0.1, 0.15) is 42.4 Å². The fraction of sp³-hybridized carbons (Fsp3) is 0.455. The Bertz CT molecular complexity index is 822. The van der Waals surface area contributed by atoms with E-state index in [4.69, 9.17) is 4.74 Å². The van der Waals surface area contributed by atoms with Crippen molar-refractivity contribution in [3.05, 3.63) is 59.2 Å². The van der Waals surface area contributed by atoms with Gasteiger partial charge in [-0.3, -0.25) is 4.90 Å². The van der Waals surface area contributed by atoms with E-state index in [-0.39, 0.29) is 23.4 Å². The van der Waals surface area contributed by atoms with Gasteiger partial charge in [0.15, 0.2) is 11.5 Å². The van der Waals surface area contributed by atoms with E-state index in [0.29, 0.717) is 12.2 Å². The zero-order chi connectivity index (χ0) is 17.7. The molecule has 4 nitrogen and oxygen atoms in total. The van der Waals surface area contributed by atoms with E-state index in [1.165, 1.54) is 16.7 Å². The predicted molar refractivity (Wildman–Crippen MR) is 99.2 cm³/mol. The van der Waals surface area contributed by atoms with Crippen LogP contribution in [-0.2, 0) is 18.5 Å². The lowest BCUT2D eigenvalue weighted by Gasteiger charge is -2.40. The number of phenols is 1. The second kappa shape index (κ2) is 6.00. The van der Waals surface area contributed by atoms with Crippen LogP contribution in [-0.4, -0.2) is 33.9 Å². The second-order valence-electron chi connectivity index (χ2n) is 8.09. The molecule has 0 bridgehead atoms. The summed E-state index contributed by atoms with van der Waals surface area (Å²) in [5.74, 6) is 0.909. The minimum Gasteiger partial charge on any atom is -0.504 e. The van der Waals surface area contributed by atoms with Crippen LogP contribution in [0.5, 0.6) is 11.5 Å². The highest BCUT2D eigenvalue weighted by Crippen LogP contribution is 2.57. The average Bonchev–Trinajstić information content (AvgIpc) is 2.90. The number of benzene rings is 2. The fourth-order valence-corrected chi connectivity index (χ4v) is 5.24. The quantitative estimate of drug-likeness (QED) is 0.871. The first-order valence-corrected chi connectivity index (χ1v) is 9.62. The topological polar surface area (TPSA) is 52.9 Å². The van der Waals surface area contributed by atoms with E-state index in [1.54, 1.807) is 6.07 Å². The van der Waals surface area contributed by atoms with Crippen LogP contribution in [0.15, 0.2) is 42.5 Å². The summed E-state index contributed by atoms with van der Waals surface area (Å²) in [6.45, 7) is 2.80. The Morgan fingerprint density at radius 3 is 2.81 bits per heavy atom. The van der Waals surface area contributed by atoms with Crippen LogP contribution < -0.4 is 4.74 Å². The van der Waals surface area contributed by atoms with Crippen molar-refractivity contribution in [2.45, 2.75) is 56.4 Å². The van der Waals surface area contributed by atoms with Gasteiger partial charge >= 0.3 is 0 Å². The van der Waals surface area contributed by atoms with E-state index in [9.17, 15) is 10.2 Å². The molecule has 2 heterocycles. The number of aromatic hydroxyl groups is 1. The molecular weight excluding hydrogens is 326 g/mol. The van der Waals surface area contributed by atoms with Crippen molar-refractivity contribution in [2.75, 3.05) is 6.54 Å². The Morgan fingerprint density at radius 1 is 1.12 bits per heavy atom. The van der Waals surface area contributed by atoms with Gasteiger partial charge in [0.05, 0.1) is 6.10 Å². The Hall–Kier alpha value is -2.04. The lowest BCUT2D eigenvalue weighted by molar-refractivity contribution is 0.0111. The Kier molecular flexibility index (Phi) is 3.73. The highest BCUT2D eigenvalue weighted by molar-refractivity contribution is 5.58. The van der Waals surface area contributed by atoms with E-state index in [2.05, 4.69) is 41.3 Å².